The third kappa shape index (κ3) is 6.79. The molecule has 0 bridgehead atoms. The molecule has 0 aliphatic carbocycles. The topological polar surface area (TPSA) is 54.4 Å². The van der Waals surface area contributed by atoms with Crippen molar-refractivity contribution in [2.24, 2.45) is 0 Å². The van der Waals surface area contributed by atoms with Crippen molar-refractivity contribution < 1.29 is 4.74 Å². The minimum atomic E-state index is -0.226. The van der Waals surface area contributed by atoms with Gasteiger partial charge in [0.05, 0.1) is 22.7 Å². The number of ether oxygens (including phenoxy) is 1. The van der Waals surface area contributed by atoms with Crippen LogP contribution in [0.1, 0.15) is 25.0 Å². The first kappa shape index (κ1) is 39.0. The number of nitrogens with zero attached hydrogens (tertiary/aromatic N) is 5. The third-order valence-electron chi connectivity index (χ3n) is 12.9. The number of rotatable bonds is 7. The van der Waals surface area contributed by atoms with E-state index in [1.807, 2.05) is 36.4 Å². The van der Waals surface area contributed by atoms with E-state index in [2.05, 4.69) is 212 Å². The van der Waals surface area contributed by atoms with Crippen LogP contribution in [0.3, 0.4) is 0 Å². The van der Waals surface area contributed by atoms with Crippen LogP contribution in [0.25, 0.3) is 56.4 Å². The van der Waals surface area contributed by atoms with Crippen LogP contribution in [-0.2, 0) is 5.41 Å². The normalized spacial score (nSPS) is 13.2. The maximum atomic E-state index is 6.52. The van der Waals surface area contributed by atoms with Gasteiger partial charge in [0.1, 0.15) is 0 Å². The van der Waals surface area contributed by atoms with E-state index < -0.39 is 0 Å². The fourth-order valence-corrected chi connectivity index (χ4v) is 9.56. The van der Waals surface area contributed by atoms with Crippen molar-refractivity contribution in [1.29, 1.82) is 0 Å². The van der Waals surface area contributed by atoms with Gasteiger partial charge in [0.15, 0.2) is 29.0 Å². The molecule has 0 N–H and O–H groups in total. The Bertz CT molecular complexity index is 3230. The van der Waals surface area contributed by atoms with Gasteiger partial charge in [-0.15, -0.1) is 0 Å². The Balaban J connectivity index is 1.09. The molecule has 0 radical (unpaired) electrons. The van der Waals surface area contributed by atoms with Crippen molar-refractivity contribution in [3.63, 3.8) is 0 Å². The van der Waals surface area contributed by atoms with Gasteiger partial charge < -0.3 is 14.5 Å². The quantitative estimate of drug-likeness (QED) is 0.159. The van der Waals surface area contributed by atoms with E-state index in [9.17, 15) is 0 Å². The smallest absolute Gasteiger partial charge is 0.164 e. The van der Waals surface area contributed by atoms with Crippen molar-refractivity contribution >= 4 is 34.1 Å². The summed E-state index contributed by atoms with van der Waals surface area (Å²) in [6.45, 7) is 4.64. The van der Waals surface area contributed by atoms with Crippen molar-refractivity contribution in [1.82, 2.24) is 15.0 Å². The summed E-state index contributed by atoms with van der Waals surface area (Å²) in [5.74, 6) is 3.30. The zero-order valence-electron chi connectivity index (χ0n) is 36.5. The lowest BCUT2D eigenvalue weighted by Gasteiger charge is -2.42. The highest BCUT2D eigenvalue weighted by Gasteiger charge is 2.37. The predicted molar refractivity (Wildman–Crippen MR) is 269 cm³/mol. The van der Waals surface area contributed by atoms with E-state index in [0.717, 1.165) is 84.6 Å². The second-order valence-corrected chi connectivity index (χ2v) is 17.3. The van der Waals surface area contributed by atoms with Gasteiger partial charge in [0, 0.05) is 33.5 Å². The van der Waals surface area contributed by atoms with Crippen LogP contribution in [-0.4, -0.2) is 15.0 Å². The second-order valence-electron chi connectivity index (χ2n) is 17.3. The molecule has 0 amide bonds. The van der Waals surface area contributed by atoms with E-state index >= 15 is 0 Å². The van der Waals surface area contributed by atoms with Crippen molar-refractivity contribution in [3.8, 4) is 67.9 Å². The number of benzene rings is 9. The average Bonchev–Trinajstić information content (AvgIpc) is 3.38. The molecular weight excluding hydrogens is 807 g/mol. The van der Waals surface area contributed by atoms with Gasteiger partial charge >= 0.3 is 0 Å². The maximum absolute atomic E-state index is 6.52. The van der Waals surface area contributed by atoms with E-state index in [1.165, 1.54) is 11.1 Å². The zero-order valence-corrected chi connectivity index (χ0v) is 36.5. The van der Waals surface area contributed by atoms with Crippen LogP contribution in [0.2, 0.25) is 0 Å². The minimum absolute atomic E-state index is 0.226. The highest BCUT2D eigenvalue weighted by atomic mass is 16.5. The molecule has 0 unspecified atom stereocenters. The Morgan fingerprint density at radius 2 is 0.652 bits per heavy atom. The van der Waals surface area contributed by atoms with Crippen molar-refractivity contribution in [3.05, 3.63) is 236 Å². The molecule has 0 atom stereocenters. The first-order valence-corrected chi connectivity index (χ1v) is 22.3. The molecule has 6 nitrogen and oxygen atoms in total. The number of para-hydroxylation sites is 6. The summed E-state index contributed by atoms with van der Waals surface area (Å²) in [7, 11) is 0. The van der Waals surface area contributed by atoms with Crippen LogP contribution in [0.4, 0.5) is 34.1 Å². The first-order valence-electron chi connectivity index (χ1n) is 22.3. The van der Waals surface area contributed by atoms with Gasteiger partial charge in [-0.1, -0.05) is 184 Å². The monoisotopic (exact) mass is 849 g/mol. The second kappa shape index (κ2) is 15.9. The largest absolute Gasteiger partial charge is 0.453 e. The van der Waals surface area contributed by atoms with Crippen LogP contribution < -0.4 is 14.5 Å². The van der Waals surface area contributed by atoms with Gasteiger partial charge in [-0.2, -0.15) is 0 Å². The van der Waals surface area contributed by atoms with E-state index in [0.29, 0.717) is 17.5 Å². The lowest BCUT2D eigenvalue weighted by atomic mass is 9.73. The lowest BCUT2D eigenvalue weighted by molar-refractivity contribution is 0.477. The molecule has 10 aromatic rings. The average molecular weight is 850 g/mol. The molecule has 9 aromatic carbocycles. The number of hydrogen-bond acceptors (Lipinski definition) is 6. The molecule has 0 spiro atoms. The summed E-state index contributed by atoms with van der Waals surface area (Å²) in [5, 5.41) is 0. The molecule has 2 aliphatic rings. The summed E-state index contributed by atoms with van der Waals surface area (Å²) in [6.07, 6.45) is 0. The predicted octanol–water partition coefficient (Wildman–Crippen LogP) is 15.9. The fourth-order valence-electron chi connectivity index (χ4n) is 9.56. The number of anilines is 6. The van der Waals surface area contributed by atoms with Gasteiger partial charge in [0.25, 0.3) is 0 Å². The highest BCUT2D eigenvalue weighted by Crippen LogP contribution is 2.55. The van der Waals surface area contributed by atoms with Crippen LogP contribution in [0, 0.1) is 0 Å². The van der Waals surface area contributed by atoms with Gasteiger partial charge in [0.2, 0.25) is 0 Å². The van der Waals surface area contributed by atoms with Crippen molar-refractivity contribution in [2.45, 2.75) is 19.3 Å². The van der Waals surface area contributed by atoms with Crippen LogP contribution in [0.5, 0.6) is 11.5 Å². The Labute approximate surface area is 384 Å². The molecule has 6 heteroatoms. The molecule has 0 saturated carbocycles. The molecule has 3 heterocycles. The van der Waals surface area contributed by atoms with Crippen LogP contribution in [0.15, 0.2) is 224 Å². The minimum Gasteiger partial charge on any atom is -0.453 e. The number of hydrogen-bond donors (Lipinski definition) is 0. The van der Waals surface area contributed by atoms with Gasteiger partial charge in [-0.05, 0) is 88.0 Å². The summed E-state index contributed by atoms with van der Waals surface area (Å²) in [5.41, 5.74) is 15.5. The van der Waals surface area contributed by atoms with Gasteiger partial charge in [-0.25, -0.2) is 15.0 Å². The fraction of sp³-hybridized carbons (Fsp3) is 0.0500. The standard InChI is InChI=1S/C60H43N5O/c1-60(2)49-21-9-11-23-51(49)64(52-24-12-10-22-50(52)60)47-37-46(38-48(39-47)65-53-25-13-15-27-55(53)66-56-28-16-14-26-54(56)65)59-62-57(44-33-29-42(30-34-44)40-17-5-3-6-18-40)61-58(63-59)45-35-31-43(32-36-45)41-19-7-4-8-20-41/h3-39H,1-2H3. The highest BCUT2D eigenvalue weighted by molar-refractivity contribution is 5.93. The molecule has 2 aliphatic heterocycles. The Hall–Kier alpha value is -8.61. The number of fused-ring (bicyclic) bond motifs is 4. The Morgan fingerprint density at radius 1 is 0.318 bits per heavy atom. The molecule has 12 rings (SSSR count). The van der Waals surface area contributed by atoms with E-state index in [4.69, 9.17) is 19.7 Å². The van der Waals surface area contributed by atoms with Gasteiger partial charge in [-0.3, -0.25) is 0 Å². The summed E-state index contributed by atoms with van der Waals surface area (Å²) >= 11 is 0. The molecule has 66 heavy (non-hydrogen) atoms. The summed E-state index contributed by atoms with van der Waals surface area (Å²) in [6, 6.07) is 78.5. The van der Waals surface area contributed by atoms with E-state index in [-0.39, 0.29) is 5.41 Å². The first-order chi connectivity index (χ1) is 32.5. The molecule has 314 valence electrons. The van der Waals surface area contributed by atoms with Crippen LogP contribution >= 0.6 is 0 Å². The molecule has 1 aromatic heterocycles. The molecule has 0 fully saturated rings. The zero-order chi connectivity index (χ0) is 44.2. The van der Waals surface area contributed by atoms with E-state index in [1.54, 1.807) is 0 Å². The Morgan fingerprint density at radius 3 is 1.11 bits per heavy atom. The third-order valence-corrected chi connectivity index (χ3v) is 12.9. The van der Waals surface area contributed by atoms with Crippen molar-refractivity contribution in [2.75, 3.05) is 9.80 Å². The Kier molecular flexibility index (Phi) is 9.39. The molecular formula is C60H43N5O. The summed E-state index contributed by atoms with van der Waals surface area (Å²) in [4.78, 5) is 20.6. The summed E-state index contributed by atoms with van der Waals surface area (Å²) < 4.78 is 6.52. The molecule has 0 saturated heterocycles. The lowest BCUT2D eigenvalue weighted by Crippen LogP contribution is -2.30. The SMILES string of the molecule is CC1(C)c2ccccc2N(c2cc(-c3nc(-c4ccc(-c5ccccc5)cc4)nc(-c4ccc(-c5ccccc5)cc4)n3)cc(N3c4ccccc4Oc4ccccc43)c2)c2ccccc21. The maximum Gasteiger partial charge on any atom is 0.164 e. The number of aromatic nitrogens is 3.